The van der Waals surface area contributed by atoms with Crippen LogP contribution in [0, 0.1) is 11.6 Å². The zero-order valence-electron chi connectivity index (χ0n) is 13.9. The third kappa shape index (κ3) is 3.01. The first-order valence-electron chi connectivity index (χ1n) is 7.53. The van der Waals surface area contributed by atoms with E-state index in [1.54, 1.807) is 0 Å². The summed E-state index contributed by atoms with van der Waals surface area (Å²) in [5, 5.41) is 0. The third-order valence-electron chi connectivity index (χ3n) is 3.88. The van der Waals surface area contributed by atoms with Crippen LogP contribution in [0.5, 0.6) is 0 Å². The van der Waals surface area contributed by atoms with Crippen molar-refractivity contribution in [3.8, 4) is 0 Å². The molecule has 3 rings (SSSR count). The van der Waals surface area contributed by atoms with E-state index in [4.69, 9.17) is 4.74 Å². The first kappa shape index (κ1) is 17.5. The number of carbonyl (C=O) groups is 1. The topological polar surface area (TPSA) is 88.1 Å². The summed E-state index contributed by atoms with van der Waals surface area (Å²) >= 11 is 0. The number of imidazole rings is 1. The number of ether oxygens (including phenoxy) is 1. The summed E-state index contributed by atoms with van der Waals surface area (Å²) in [5.41, 5.74) is -0.901. The van der Waals surface area contributed by atoms with Crippen LogP contribution in [0.4, 0.5) is 8.78 Å². The summed E-state index contributed by atoms with van der Waals surface area (Å²) in [6.45, 7) is -0.0814. The molecule has 0 unspecified atom stereocenters. The molecule has 10 heteroatoms. The van der Waals surface area contributed by atoms with E-state index >= 15 is 0 Å². The lowest BCUT2D eigenvalue weighted by Crippen LogP contribution is -2.37. The second kappa shape index (κ2) is 6.54. The summed E-state index contributed by atoms with van der Waals surface area (Å²) in [5.74, 6) is -2.67. The van der Waals surface area contributed by atoms with Gasteiger partial charge in [-0.2, -0.15) is 0 Å². The Kier molecular flexibility index (Phi) is 4.41. The van der Waals surface area contributed by atoms with Crippen LogP contribution in [0.1, 0.15) is 10.4 Å². The number of hydrogen-bond donors (Lipinski definition) is 0. The van der Waals surface area contributed by atoms with E-state index in [0.29, 0.717) is 6.07 Å². The molecule has 0 aliphatic rings. The molecule has 0 bridgehead atoms. The number of nitrogens with zero attached hydrogens (tertiary/aromatic N) is 4. The zero-order valence-corrected chi connectivity index (χ0v) is 13.9. The summed E-state index contributed by atoms with van der Waals surface area (Å²) < 4.78 is 34.9. The van der Waals surface area contributed by atoms with Gasteiger partial charge in [-0.05, 0) is 12.1 Å². The van der Waals surface area contributed by atoms with Crippen LogP contribution >= 0.6 is 0 Å². The van der Waals surface area contributed by atoms with Crippen LogP contribution in [0.15, 0.2) is 34.1 Å². The van der Waals surface area contributed by atoms with E-state index in [9.17, 15) is 23.2 Å². The van der Waals surface area contributed by atoms with Crippen LogP contribution < -0.4 is 11.2 Å². The van der Waals surface area contributed by atoms with Crippen molar-refractivity contribution in [2.75, 3.05) is 6.61 Å². The Morgan fingerprint density at radius 1 is 1.12 bits per heavy atom. The maximum absolute atomic E-state index is 13.1. The molecule has 0 aliphatic carbocycles. The third-order valence-corrected chi connectivity index (χ3v) is 3.88. The van der Waals surface area contributed by atoms with Crippen LogP contribution in [0.2, 0.25) is 0 Å². The molecule has 0 saturated heterocycles. The molecule has 8 nitrogen and oxygen atoms in total. The maximum atomic E-state index is 13.1. The highest BCUT2D eigenvalue weighted by Gasteiger charge is 2.15. The van der Waals surface area contributed by atoms with Gasteiger partial charge in [-0.1, -0.05) is 0 Å². The summed E-state index contributed by atoms with van der Waals surface area (Å²) in [6.07, 6.45) is 1.35. The summed E-state index contributed by atoms with van der Waals surface area (Å²) in [6, 6.07) is 2.38. The standard InChI is InChI=1S/C16H14F2N4O4/c1-20-13-12(14(23)21(2)16(20)25)22(8-19-13)3-4-26-15(24)9-5-10(17)7-11(18)6-9/h5-8H,3-4H2,1-2H3. The first-order valence-corrected chi connectivity index (χ1v) is 7.53. The summed E-state index contributed by atoms with van der Waals surface area (Å²) in [4.78, 5) is 40.1. The van der Waals surface area contributed by atoms with Crippen molar-refractivity contribution in [3.63, 3.8) is 0 Å². The van der Waals surface area contributed by atoms with Gasteiger partial charge in [-0.15, -0.1) is 0 Å². The number of carbonyl (C=O) groups excluding carboxylic acids is 1. The Hall–Kier alpha value is -3.30. The van der Waals surface area contributed by atoms with Gasteiger partial charge in [-0.3, -0.25) is 13.9 Å². The van der Waals surface area contributed by atoms with Gasteiger partial charge in [0.05, 0.1) is 18.4 Å². The lowest BCUT2D eigenvalue weighted by atomic mass is 10.2. The van der Waals surface area contributed by atoms with Crippen LogP contribution in [-0.4, -0.2) is 31.3 Å². The molecule has 0 atom stereocenters. The molecule has 0 fully saturated rings. The minimum absolute atomic E-state index is 0.0769. The highest BCUT2D eigenvalue weighted by molar-refractivity contribution is 5.89. The zero-order chi connectivity index (χ0) is 19.0. The highest BCUT2D eigenvalue weighted by Crippen LogP contribution is 2.10. The minimum atomic E-state index is -0.895. The largest absolute Gasteiger partial charge is 0.460 e. The normalized spacial score (nSPS) is 11.1. The average molecular weight is 364 g/mol. The number of aromatic nitrogens is 4. The molecule has 136 valence electrons. The van der Waals surface area contributed by atoms with Crippen LogP contribution in [0.3, 0.4) is 0 Å². The van der Waals surface area contributed by atoms with Gasteiger partial charge in [0.2, 0.25) is 0 Å². The molecular formula is C16H14F2N4O4. The fraction of sp³-hybridized carbons (Fsp3) is 0.250. The molecular weight excluding hydrogens is 350 g/mol. The monoisotopic (exact) mass is 364 g/mol. The van der Waals surface area contributed by atoms with E-state index in [1.165, 1.54) is 29.6 Å². The number of benzene rings is 1. The Morgan fingerprint density at radius 3 is 2.42 bits per heavy atom. The quantitative estimate of drug-likeness (QED) is 0.632. The second-order valence-corrected chi connectivity index (χ2v) is 5.61. The first-order chi connectivity index (χ1) is 12.3. The summed E-state index contributed by atoms with van der Waals surface area (Å²) in [7, 11) is 2.83. The predicted octanol–water partition coefficient (Wildman–Crippen LogP) is 0.569. The van der Waals surface area contributed by atoms with Gasteiger partial charge in [0.25, 0.3) is 5.56 Å². The molecule has 0 spiro atoms. The van der Waals surface area contributed by atoms with E-state index < -0.39 is 28.9 Å². The van der Waals surface area contributed by atoms with Crippen molar-refractivity contribution in [1.29, 1.82) is 0 Å². The van der Waals surface area contributed by atoms with Crippen molar-refractivity contribution in [1.82, 2.24) is 18.7 Å². The molecule has 0 amide bonds. The number of fused-ring (bicyclic) bond motifs is 1. The highest BCUT2D eigenvalue weighted by atomic mass is 19.1. The Bertz CT molecular complexity index is 1110. The van der Waals surface area contributed by atoms with Gasteiger partial charge >= 0.3 is 11.7 Å². The van der Waals surface area contributed by atoms with E-state index in [2.05, 4.69) is 4.98 Å². The fourth-order valence-electron chi connectivity index (χ4n) is 2.56. The molecule has 1 aromatic carbocycles. The smallest absolute Gasteiger partial charge is 0.338 e. The number of rotatable bonds is 4. The number of aryl methyl sites for hydroxylation is 1. The molecule has 0 N–H and O–H groups in total. The molecule has 0 aliphatic heterocycles. The predicted molar refractivity (Wildman–Crippen MR) is 86.9 cm³/mol. The molecule has 26 heavy (non-hydrogen) atoms. The second-order valence-electron chi connectivity index (χ2n) is 5.61. The number of esters is 1. The Balaban J connectivity index is 1.80. The van der Waals surface area contributed by atoms with Gasteiger partial charge in [0, 0.05) is 20.2 Å². The van der Waals surface area contributed by atoms with Gasteiger partial charge < -0.3 is 9.30 Å². The van der Waals surface area contributed by atoms with Crippen molar-refractivity contribution in [2.45, 2.75) is 6.54 Å². The average Bonchev–Trinajstić information content (AvgIpc) is 3.01. The number of halogens is 2. The van der Waals surface area contributed by atoms with Crippen molar-refractivity contribution in [3.05, 3.63) is 62.6 Å². The SMILES string of the molecule is Cn1c(=O)c2c(ncn2CCOC(=O)c2cc(F)cc(F)c2)n(C)c1=O. The van der Waals surface area contributed by atoms with Gasteiger partial charge in [0.15, 0.2) is 11.2 Å². The molecule has 3 aromatic rings. The van der Waals surface area contributed by atoms with Crippen molar-refractivity contribution < 1.29 is 18.3 Å². The van der Waals surface area contributed by atoms with E-state index in [0.717, 1.165) is 16.7 Å². The fourth-order valence-corrected chi connectivity index (χ4v) is 2.56. The maximum Gasteiger partial charge on any atom is 0.338 e. The van der Waals surface area contributed by atoms with Gasteiger partial charge in [0.1, 0.15) is 18.2 Å². The molecule has 0 saturated carbocycles. The van der Waals surface area contributed by atoms with Gasteiger partial charge in [-0.25, -0.2) is 23.4 Å². The molecule has 0 radical (unpaired) electrons. The van der Waals surface area contributed by atoms with E-state index in [1.807, 2.05) is 0 Å². The Morgan fingerprint density at radius 2 is 1.77 bits per heavy atom. The minimum Gasteiger partial charge on any atom is -0.460 e. The van der Waals surface area contributed by atoms with Crippen LogP contribution in [-0.2, 0) is 25.4 Å². The lowest BCUT2D eigenvalue weighted by molar-refractivity contribution is 0.0491. The molecule has 2 heterocycles. The molecule has 2 aromatic heterocycles. The Labute approximate surface area is 144 Å². The van der Waals surface area contributed by atoms with Crippen molar-refractivity contribution >= 4 is 17.1 Å². The van der Waals surface area contributed by atoms with Crippen LogP contribution in [0.25, 0.3) is 11.2 Å². The van der Waals surface area contributed by atoms with E-state index in [-0.39, 0.29) is 29.9 Å². The lowest BCUT2D eigenvalue weighted by Gasteiger charge is -2.08. The van der Waals surface area contributed by atoms with Crippen molar-refractivity contribution in [2.24, 2.45) is 14.1 Å². The number of hydrogen-bond acceptors (Lipinski definition) is 5.